The van der Waals surface area contributed by atoms with Crippen molar-refractivity contribution in [1.82, 2.24) is 29.5 Å². The van der Waals surface area contributed by atoms with Crippen LogP contribution in [-0.4, -0.2) is 72.8 Å². The number of carbonyl (C=O) groups excluding carboxylic acids is 2. The molecule has 1 aliphatic carbocycles. The van der Waals surface area contributed by atoms with E-state index < -0.39 is 0 Å². The summed E-state index contributed by atoms with van der Waals surface area (Å²) < 4.78 is 7.42. The Labute approximate surface area is 206 Å². The number of aromatic nitrogens is 4. The third-order valence-electron chi connectivity index (χ3n) is 6.65. The molecule has 35 heavy (non-hydrogen) atoms. The van der Waals surface area contributed by atoms with Crippen molar-refractivity contribution in [2.45, 2.75) is 36.2 Å². The molecule has 1 aliphatic heterocycles. The van der Waals surface area contributed by atoms with Crippen LogP contribution in [0.3, 0.4) is 0 Å². The van der Waals surface area contributed by atoms with E-state index in [2.05, 4.69) is 31.9 Å². The highest BCUT2D eigenvalue weighted by Crippen LogP contribution is 2.43. The van der Waals surface area contributed by atoms with E-state index in [-0.39, 0.29) is 17.1 Å². The van der Waals surface area contributed by atoms with Gasteiger partial charge in [0.1, 0.15) is 0 Å². The fourth-order valence-corrected chi connectivity index (χ4v) is 5.61. The molecule has 0 bridgehead atoms. The van der Waals surface area contributed by atoms with E-state index in [1.165, 1.54) is 18.0 Å². The number of aromatic amines is 1. The highest BCUT2D eigenvalue weighted by atomic mass is 32.2. The Hall–Kier alpha value is -3.53. The monoisotopic (exact) mass is 490 g/mol. The second kappa shape index (κ2) is 8.92. The minimum absolute atomic E-state index is 0.0547. The zero-order chi connectivity index (χ0) is 23.9. The summed E-state index contributed by atoms with van der Waals surface area (Å²) in [5, 5.41) is 10.6. The summed E-state index contributed by atoms with van der Waals surface area (Å²) in [6.45, 7) is 3.92. The largest absolute Gasteiger partial charge is 0.459 e. The van der Waals surface area contributed by atoms with Crippen LogP contribution in [0.15, 0.2) is 58.4 Å². The maximum Gasteiger partial charge on any atom is 0.289 e. The number of amides is 2. The number of rotatable bonds is 6. The molecule has 4 aromatic rings. The molecule has 0 unspecified atom stereocenters. The fraction of sp³-hybridized carbons (Fsp3) is 0.360. The summed E-state index contributed by atoms with van der Waals surface area (Å²) in [6, 6.07) is 11.9. The third kappa shape index (κ3) is 4.12. The van der Waals surface area contributed by atoms with Crippen LogP contribution >= 0.6 is 11.8 Å². The van der Waals surface area contributed by atoms with Crippen LogP contribution in [0.2, 0.25) is 0 Å². The van der Waals surface area contributed by atoms with Gasteiger partial charge in [-0.3, -0.25) is 14.2 Å². The minimum Gasteiger partial charge on any atom is -0.459 e. The number of hydrogen-bond acceptors (Lipinski definition) is 6. The molecule has 0 radical (unpaired) electrons. The molecule has 2 amide bonds. The molecular weight excluding hydrogens is 464 g/mol. The highest BCUT2D eigenvalue weighted by molar-refractivity contribution is 8.00. The molecule has 1 N–H and O–H groups in total. The molecular formula is C25H26N6O3S. The number of nitrogens with zero attached hydrogens (tertiary/aromatic N) is 5. The van der Waals surface area contributed by atoms with Crippen LogP contribution in [-0.2, 0) is 4.79 Å². The number of hydrogen-bond donors (Lipinski definition) is 1. The maximum atomic E-state index is 13.2. The molecule has 1 atom stereocenters. The topological polar surface area (TPSA) is 100 Å². The van der Waals surface area contributed by atoms with Gasteiger partial charge in [0, 0.05) is 54.9 Å². The summed E-state index contributed by atoms with van der Waals surface area (Å²) in [5.41, 5.74) is 2.10. The molecule has 6 rings (SSSR count). The predicted molar refractivity (Wildman–Crippen MR) is 132 cm³/mol. The van der Waals surface area contributed by atoms with E-state index in [4.69, 9.17) is 4.42 Å². The molecule has 10 heteroatoms. The van der Waals surface area contributed by atoms with E-state index in [1.54, 1.807) is 17.0 Å². The first-order valence-electron chi connectivity index (χ1n) is 11.9. The standard InChI is InChI=1S/C25H26N6O3S/c1-16(23(32)29-10-12-30(13-11-29)24(33)21-7-4-14-34-21)35-25-28-27-22(31(25)17-8-9-17)19-15-26-20-6-3-2-5-18(19)20/h2-7,14-17,26H,8-13H2,1H3/t16-/m0/s1. The summed E-state index contributed by atoms with van der Waals surface area (Å²) >= 11 is 1.46. The lowest BCUT2D eigenvalue weighted by Crippen LogP contribution is -2.52. The molecule has 0 spiro atoms. The van der Waals surface area contributed by atoms with Crippen molar-refractivity contribution in [3.05, 3.63) is 54.6 Å². The zero-order valence-corrected chi connectivity index (χ0v) is 20.2. The van der Waals surface area contributed by atoms with Gasteiger partial charge in [0.25, 0.3) is 5.91 Å². The number of H-pyrrole nitrogens is 1. The van der Waals surface area contributed by atoms with Crippen LogP contribution in [0.4, 0.5) is 0 Å². The minimum atomic E-state index is -0.306. The van der Waals surface area contributed by atoms with Gasteiger partial charge in [-0.25, -0.2) is 0 Å². The van der Waals surface area contributed by atoms with Crippen molar-refractivity contribution < 1.29 is 14.0 Å². The van der Waals surface area contributed by atoms with Gasteiger partial charge in [0.15, 0.2) is 16.7 Å². The van der Waals surface area contributed by atoms with Gasteiger partial charge in [-0.15, -0.1) is 10.2 Å². The molecule has 180 valence electrons. The van der Waals surface area contributed by atoms with Crippen LogP contribution in [0.5, 0.6) is 0 Å². The van der Waals surface area contributed by atoms with Gasteiger partial charge >= 0.3 is 0 Å². The first kappa shape index (κ1) is 22.0. The first-order chi connectivity index (χ1) is 17.1. The van der Waals surface area contributed by atoms with Gasteiger partial charge in [-0.1, -0.05) is 30.0 Å². The highest BCUT2D eigenvalue weighted by Gasteiger charge is 2.34. The van der Waals surface area contributed by atoms with Crippen molar-refractivity contribution in [2.75, 3.05) is 26.2 Å². The van der Waals surface area contributed by atoms with Crippen LogP contribution in [0.25, 0.3) is 22.3 Å². The molecule has 1 saturated heterocycles. The average molecular weight is 491 g/mol. The molecule has 4 heterocycles. The van der Waals surface area contributed by atoms with E-state index in [1.807, 2.05) is 30.2 Å². The molecule has 2 fully saturated rings. The Kier molecular flexibility index (Phi) is 5.60. The summed E-state index contributed by atoms with van der Waals surface area (Å²) in [5.74, 6) is 1.10. The van der Waals surface area contributed by atoms with Crippen LogP contribution in [0, 0.1) is 0 Å². The summed E-state index contributed by atoms with van der Waals surface area (Å²) in [6.07, 6.45) is 5.67. The van der Waals surface area contributed by atoms with E-state index in [0.717, 1.165) is 40.3 Å². The SMILES string of the molecule is C[C@H](Sc1nnc(-c2c[nH]c3ccccc23)n1C1CC1)C(=O)N1CCN(C(=O)c2ccco2)CC1. The van der Waals surface area contributed by atoms with Gasteiger partial charge in [0.05, 0.1) is 11.5 Å². The molecule has 3 aromatic heterocycles. The number of nitrogens with one attached hydrogen (secondary N) is 1. The lowest BCUT2D eigenvalue weighted by atomic mass is 10.1. The Morgan fingerprint density at radius 2 is 1.83 bits per heavy atom. The number of thioether (sulfide) groups is 1. The predicted octanol–water partition coefficient (Wildman–Crippen LogP) is 3.82. The normalized spacial score (nSPS) is 17.2. The Balaban J connectivity index is 1.15. The number of para-hydroxylation sites is 1. The lowest BCUT2D eigenvalue weighted by Gasteiger charge is -2.35. The number of furan rings is 1. The van der Waals surface area contributed by atoms with Gasteiger partial charge in [0.2, 0.25) is 5.91 Å². The lowest BCUT2D eigenvalue weighted by molar-refractivity contribution is -0.131. The Morgan fingerprint density at radius 3 is 2.57 bits per heavy atom. The first-order valence-corrected chi connectivity index (χ1v) is 12.8. The smallest absolute Gasteiger partial charge is 0.289 e. The molecule has 1 aromatic carbocycles. The van der Waals surface area contributed by atoms with Crippen molar-refractivity contribution in [3.8, 4) is 11.4 Å². The molecule has 1 saturated carbocycles. The zero-order valence-electron chi connectivity index (χ0n) is 19.4. The number of piperazine rings is 1. The number of fused-ring (bicyclic) bond motifs is 1. The van der Waals surface area contributed by atoms with E-state index in [0.29, 0.717) is 38.0 Å². The second-order valence-electron chi connectivity index (χ2n) is 9.01. The van der Waals surface area contributed by atoms with Gasteiger partial charge in [-0.05, 0) is 38.0 Å². The van der Waals surface area contributed by atoms with E-state index in [9.17, 15) is 9.59 Å². The number of carbonyl (C=O) groups is 2. The molecule has 2 aliphatic rings. The molecule has 9 nitrogen and oxygen atoms in total. The summed E-state index contributed by atoms with van der Waals surface area (Å²) in [7, 11) is 0. The maximum absolute atomic E-state index is 13.2. The summed E-state index contributed by atoms with van der Waals surface area (Å²) in [4.78, 5) is 32.6. The number of benzene rings is 1. The fourth-order valence-electron chi connectivity index (χ4n) is 4.61. The third-order valence-corrected chi connectivity index (χ3v) is 7.69. The quantitative estimate of drug-likeness (QED) is 0.413. The Bertz CT molecular complexity index is 1370. The second-order valence-corrected chi connectivity index (χ2v) is 10.3. The van der Waals surface area contributed by atoms with Crippen molar-refractivity contribution in [1.29, 1.82) is 0 Å². The van der Waals surface area contributed by atoms with Crippen molar-refractivity contribution >= 4 is 34.5 Å². The van der Waals surface area contributed by atoms with Crippen molar-refractivity contribution in [2.24, 2.45) is 0 Å². The van der Waals surface area contributed by atoms with Crippen molar-refractivity contribution in [3.63, 3.8) is 0 Å². The average Bonchev–Trinajstić information content (AvgIpc) is 3.27. The van der Waals surface area contributed by atoms with E-state index >= 15 is 0 Å². The van der Waals surface area contributed by atoms with Crippen LogP contribution < -0.4 is 0 Å². The van der Waals surface area contributed by atoms with Gasteiger partial charge in [-0.2, -0.15) is 0 Å². The van der Waals surface area contributed by atoms with Crippen LogP contribution in [0.1, 0.15) is 36.4 Å². The Morgan fingerprint density at radius 1 is 1.06 bits per heavy atom. The van der Waals surface area contributed by atoms with Gasteiger partial charge < -0.3 is 19.2 Å².